The van der Waals surface area contributed by atoms with Crippen molar-refractivity contribution in [2.24, 2.45) is 0 Å². The molecule has 188 valence electrons. The maximum absolute atomic E-state index is 12.8. The van der Waals surface area contributed by atoms with Crippen molar-refractivity contribution in [2.75, 3.05) is 0 Å². The largest absolute Gasteiger partial charge is 0.487 e. The summed E-state index contributed by atoms with van der Waals surface area (Å²) < 4.78 is 55.3. The van der Waals surface area contributed by atoms with Crippen LogP contribution in [-0.4, -0.2) is 14.7 Å². The second-order valence-electron chi connectivity index (χ2n) is 8.09. The van der Waals surface area contributed by atoms with E-state index in [-0.39, 0.29) is 19.0 Å². The van der Waals surface area contributed by atoms with Gasteiger partial charge in [0.2, 0.25) is 5.89 Å². The highest BCUT2D eigenvalue weighted by Gasteiger charge is 2.30. The monoisotopic (exact) mass is 501 g/mol. The molecular formula is C25H22F3N3O5. The molecule has 2 aromatic heterocycles. The Labute approximate surface area is 202 Å². The van der Waals surface area contributed by atoms with Crippen LogP contribution in [0.5, 0.6) is 5.75 Å². The SMILES string of the molecule is CC/C(=C\c1cc(C)cc(OCc2coc(-c3ccc(C(F)(F)F)cc3)n2)c1)Cn1oc(=O)[nH]c1=O. The van der Waals surface area contributed by atoms with Gasteiger partial charge in [0.25, 0.3) is 0 Å². The van der Waals surface area contributed by atoms with Crippen molar-refractivity contribution in [1.82, 2.24) is 14.7 Å². The zero-order valence-corrected chi connectivity index (χ0v) is 19.4. The smallest absolute Gasteiger partial charge is 0.440 e. The van der Waals surface area contributed by atoms with Gasteiger partial charge in [-0.05, 0) is 66.4 Å². The predicted molar refractivity (Wildman–Crippen MR) is 124 cm³/mol. The van der Waals surface area contributed by atoms with Crippen molar-refractivity contribution < 1.29 is 26.8 Å². The topological polar surface area (TPSA) is 103 Å². The van der Waals surface area contributed by atoms with Gasteiger partial charge in [0.1, 0.15) is 24.3 Å². The molecule has 0 unspecified atom stereocenters. The number of allylic oxidation sites excluding steroid dienone is 1. The lowest BCUT2D eigenvalue weighted by molar-refractivity contribution is -0.137. The first-order valence-electron chi connectivity index (χ1n) is 11.0. The number of halogens is 3. The minimum atomic E-state index is -4.41. The lowest BCUT2D eigenvalue weighted by Gasteiger charge is -2.09. The maximum Gasteiger partial charge on any atom is 0.440 e. The number of nitrogens with zero attached hydrogens (tertiary/aromatic N) is 2. The molecule has 0 atom stereocenters. The molecule has 0 saturated carbocycles. The standard InChI is InChI=1S/C25H22F3N3O5/c1-3-16(12-31-23(32)30-24(33)36-31)10-17-8-15(2)9-21(11-17)34-13-20-14-35-22(29-20)18-4-6-19(7-5-18)25(26,27)28/h4-11,14H,3,12-13H2,1-2H3,(H,30,32,33)/b16-10+. The number of benzene rings is 2. The van der Waals surface area contributed by atoms with Crippen LogP contribution in [0.1, 0.15) is 35.7 Å². The van der Waals surface area contributed by atoms with Gasteiger partial charge in [0, 0.05) is 5.56 Å². The average molecular weight is 501 g/mol. The molecule has 0 aliphatic carbocycles. The first-order valence-corrected chi connectivity index (χ1v) is 11.0. The Morgan fingerprint density at radius 3 is 2.56 bits per heavy atom. The molecule has 4 rings (SSSR count). The van der Waals surface area contributed by atoms with E-state index in [4.69, 9.17) is 13.7 Å². The van der Waals surface area contributed by atoms with Crippen LogP contribution in [0.4, 0.5) is 13.2 Å². The van der Waals surface area contributed by atoms with Crippen LogP contribution in [-0.2, 0) is 19.3 Å². The van der Waals surface area contributed by atoms with E-state index in [1.165, 1.54) is 18.4 Å². The molecule has 2 aromatic carbocycles. The van der Waals surface area contributed by atoms with Crippen LogP contribution in [0.2, 0.25) is 0 Å². The van der Waals surface area contributed by atoms with Crippen molar-refractivity contribution in [3.05, 3.63) is 97.7 Å². The molecule has 1 N–H and O–H groups in total. The lowest BCUT2D eigenvalue weighted by atomic mass is 10.1. The van der Waals surface area contributed by atoms with Gasteiger partial charge in [0.15, 0.2) is 0 Å². The number of aromatic nitrogens is 3. The van der Waals surface area contributed by atoms with Gasteiger partial charge < -0.3 is 13.7 Å². The highest BCUT2D eigenvalue weighted by molar-refractivity contribution is 5.56. The summed E-state index contributed by atoms with van der Waals surface area (Å²) in [5.41, 5.74) is 2.15. The Morgan fingerprint density at radius 2 is 1.92 bits per heavy atom. The molecular weight excluding hydrogens is 479 g/mol. The Morgan fingerprint density at radius 1 is 1.17 bits per heavy atom. The van der Waals surface area contributed by atoms with Crippen LogP contribution in [0.25, 0.3) is 17.5 Å². The summed E-state index contributed by atoms with van der Waals surface area (Å²) in [5, 5.41) is 0. The number of oxazole rings is 1. The van der Waals surface area contributed by atoms with E-state index < -0.39 is 23.2 Å². The molecule has 11 heteroatoms. The van der Waals surface area contributed by atoms with Crippen LogP contribution in [0.3, 0.4) is 0 Å². The van der Waals surface area contributed by atoms with Gasteiger partial charge in [0.05, 0.1) is 12.1 Å². The Kier molecular flexibility index (Phi) is 7.00. The number of aromatic amines is 1. The van der Waals surface area contributed by atoms with E-state index in [2.05, 4.69) is 9.97 Å². The van der Waals surface area contributed by atoms with Crippen LogP contribution in [0, 0.1) is 6.92 Å². The number of hydrogen-bond donors (Lipinski definition) is 1. The summed E-state index contributed by atoms with van der Waals surface area (Å²) in [4.78, 5) is 29.3. The number of ether oxygens (including phenoxy) is 1. The average Bonchev–Trinajstić information content (AvgIpc) is 3.42. The summed E-state index contributed by atoms with van der Waals surface area (Å²) in [5.74, 6) is -0.0495. The van der Waals surface area contributed by atoms with Crippen molar-refractivity contribution >= 4 is 6.08 Å². The summed E-state index contributed by atoms with van der Waals surface area (Å²) in [6, 6.07) is 10.2. The van der Waals surface area contributed by atoms with Crippen LogP contribution in [0.15, 0.2) is 72.8 Å². The summed E-state index contributed by atoms with van der Waals surface area (Å²) >= 11 is 0. The number of aryl methyl sites for hydroxylation is 1. The first-order chi connectivity index (χ1) is 17.1. The van der Waals surface area contributed by atoms with Crippen molar-refractivity contribution in [3.63, 3.8) is 0 Å². The van der Waals surface area contributed by atoms with E-state index in [1.807, 2.05) is 38.1 Å². The van der Waals surface area contributed by atoms with Crippen molar-refractivity contribution in [1.29, 1.82) is 0 Å². The van der Waals surface area contributed by atoms with E-state index in [0.29, 0.717) is 23.4 Å². The molecule has 0 aliphatic heterocycles. The maximum atomic E-state index is 12.8. The second-order valence-corrected chi connectivity index (χ2v) is 8.09. The van der Waals surface area contributed by atoms with Crippen LogP contribution >= 0.6 is 0 Å². The molecule has 0 spiro atoms. The highest BCUT2D eigenvalue weighted by atomic mass is 19.4. The molecule has 0 amide bonds. The van der Waals surface area contributed by atoms with Gasteiger partial charge in [-0.15, -0.1) is 4.74 Å². The summed E-state index contributed by atoms with van der Waals surface area (Å²) in [6.45, 7) is 4.04. The molecule has 8 nitrogen and oxygen atoms in total. The van der Waals surface area contributed by atoms with E-state index >= 15 is 0 Å². The molecule has 36 heavy (non-hydrogen) atoms. The second kappa shape index (κ2) is 10.1. The number of rotatable bonds is 8. The van der Waals surface area contributed by atoms with Crippen molar-refractivity contribution in [3.8, 4) is 17.2 Å². The van der Waals surface area contributed by atoms with Crippen LogP contribution < -0.4 is 16.2 Å². The van der Waals surface area contributed by atoms with Crippen molar-refractivity contribution in [2.45, 2.75) is 39.6 Å². The zero-order chi connectivity index (χ0) is 25.9. The quantitative estimate of drug-likeness (QED) is 0.357. The van der Waals surface area contributed by atoms with E-state index in [0.717, 1.165) is 33.6 Å². The molecule has 0 bridgehead atoms. The lowest BCUT2D eigenvalue weighted by Crippen LogP contribution is -2.17. The summed E-state index contributed by atoms with van der Waals surface area (Å²) in [6.07, 6.45) is -0.514. The first kappa shape index (κ1) is 24.8. The molecule has 0 saturated heterocycles. The Bertz CT molecular complexity index is 1490. The summed E-state index contributed by atoms with van der Waals surface area (Å²) in [7, 11) is 0. The van der Waals surface area contributed by atoms with Gasteiger partial charge in [-0.25, -0.2) is 19.6 Å². The number of hydrogen-bond acceptors (Lipinski definition) is 6. The third-order valence-electron chi connectivity index (χ3n) is 5.27. The third-order valence-corrected chi connectivity index (χ3v) is 5.27. The molecule has 4 aromatic rings. The Balaban J connectivity index is 1.45. The normalized spacial score (nSPS) is 12.2. The fraction of sp³-hybridized carbons (Fsp3) is 0.240. The molecule has 0 radical (unpaired) electrons. The van der Waals surface area contributed by atoms with Gasteiger partial charge in [-0.3, -0.25) is 0 Å². The fourth-order valence-electron chi connectivity index (χ4n) is 3.51. The minimum absolute atomic E-state index is 0.0846. The van der Waals surface area contributed by atoms with Gasteiger partial charge in [-0.2, -0.15) is 13.2 Å². The number of nitrogens with one attached hydrogen (secondary N) is 1. The highest BCUT2D eigenvalue weighted by Crippen LogP contribution is 2.31. The molecule has 0 fully saturated rings. The zero-order valence-electron chi connectivity index (χ0n) is 19.4. The molecule has 0 aliphatic rings. The molecule has 2 heterocycles. The van der Waals surface area contributed by atoms with E-state index in [9.17, 15) is 22.8 Å². The Hall–Kier alpha value is -4.28. The van der Waals surface area contributed by atoms with E-state index in [1.54, 1.807) is 0 Å². The number of alkyl halides is 3. The minimum Gasteiger partial charge on any atom is -0.487 e. The number of H-pyrrole nitrogens is 1. The van der Waals surface area contributed by atoms with Gasteiger partial charge in [-0.1, -0.05) is 19.1 Å². The fourth-order valence-corrected chi connectivity index (χ4v) is 3.51. The predicted octanol–water partition coefficient (Wildman–Crippen LogP) is 5.18. The van der Waals surface area contributed by atoms with Gasteiger partial charge >= 0.3 is 17.6 Å². The third kappa shape index (κ3) is 6.04.